The second-order valence-electron chi connectivity index (χ2n) is 5.86. The summed E-state index contributed by atoms with van der Waals surface area (Å²) in [6.45, 7) is 1.47. The molecule has 4 nitrogen and oxygen atoms in total. The Morgan fingerprint density at radius 1 is 1.23 bits per heavy atom. The molecule has 122 valence electrons. The van der Waals surface area contributed by atoms with Crippen molar-refractivity contribution in [2.45, 2.75) is 37.3 Å². The molecule has 3 rings (SSSR count). The molecule has 1 aromatic carbocycles. The van der Waals surface area contributed by atoms with Gasteiger partial charge in [0, 0.05) is 11.8 Å². The number of carbonyl (C=O) groups excluding carboxylic acids is 1. The van der Waals surface area contributed by atoms with Crippen molar-refractivity contribution >= 4 is 24.0 Å². The predicted octanol–water partition coefficient (Wildman–Crippen LogP) is 2.00. The van der Waals surface area contributed by atoms with Crippen LogP contribution >= 0.6 is 12.4 Å². The third kappa shape index (κ3) is 2.95. The highest BCUT2D eigenvalue weighted by molar-refractivity contribution is 5.96. The molecule has 2 fully saturated rings. The molecular formula is C15H19ClF2N2O2. The van der Waals surface area contributed by atoms with Crippen LogP contribution in [0.2, 0.25) is 0 Å². The van der Waals surface area contributed by atoms with Crippen molar-refractivity contribution in [3.63, 3.8) is 0 Å². The Balaban J connectivity index is 0.00000176. The summed E-state index contributed by atoms with van der Waals surface area (Å²) in [5.41, 5.74) is -0.141. The predicted molar refractivity (Wildman–Crippen MR) is 81.2 cm³/mol. The van der Waals surface area contributed by atoms with Gasteiger partial charge in [-0.3, -0.25) is 4.79 Å². The van der Waals surface area contributed by atoms with Crippen LogP contribution in [0.5, 0.6) is 0 Å². The molecule has 2 aliphatic heterocycles. The lowest BCUT2D eigenvalue weighted by atomic mass is 9.77. The number of nitrogens with zero attached hydrogens (tertiary/aromatic N) is 1. The lowest BCUT2D eigenvalue weighted by molar-refractivity contribution is -0.125. The number of rotatable bonds is 1. The summed E-state index contributed by atoms with van der Waals surface area (Å²) < 4.78 is 26.6. The van der Waals surface area contributed by atoms with Crippen LogP contribution in [0.4, 0.5) is 14.5 Å². The summed E-state index contributed by atoms with van der Waals surface area (Å²) in [5.74, 6) is -2.13. The Morgan fingerprint density at radius 2 is 1.91 bits per heavy atom. The average Bonchev–Trinajstić information content (AvgIpc) is 2.42. The number of hydrogen-bond acceptors (Lipinski definition) is 3. The fourth-order valence-electron chi connectivity index (χ4n) is 3.52. The number of aliphatic hydroxyl groups excluding tert-OH is 1. The lowest BCUT2D eigenvalue weighted by Gasteiger charge is -2.50. The summed E-state index contributed by atoms with van der Waals surface area (Å²) in [7, 11) is 0. The van der Waals surface area contributed by atoms with Gasteiger partial charge in [0.1, 0.15) is 0 Å². The van der Waals surface area contributed by atoms with Crippen LogP contribution in [0.3, 0.4) is 0 Å². The van der Waals surface area contributed by atoms with E-state index in [1.54, 1.807) is 4.90 Å². The highest BCUT2D eigenvalue weighted by Crippen LogP contribution is 2.40. The zero-order valence-electron chi connectivity index (χ0n) is 12.0. The SMILES string of the molecule is Cl.O=C1CC(O)CC2(CCNCC2)N1c1ccc(F)c(F)c1. The first-order chi connectivity index (χ1) is 10.0. The number of piperidine rings is 2. The van der Waals surface area contributed by atoms with Crippen LogP contribution in [0.25, 0.3) is 0 Å². The molecule has 0 saturated carbocycles. The van der Waals surface area contributed by atoms with Crippen molar-refractivity contribution < 1.29 is 18.7 Å². The van der Waals surface area contributed by atoms with Crippen LogP contribution in [0.15, 0.2) is 18.2 Å². The summed E-state index contributed by atoms with van der Waals surface area (Å²) >= 11 is 0. The molecule has 22 heavy (non-hydrogen) atoms. The van der Waals surface area contributed by atoms with E-state index >= 15 is 0 Å². The van der Waals surface area contributed by atoms with Crippen molar-refractivity contribution in [2.75, 3.05) is 18.0 Å². The largest absolute Gasteiger partial charge is 0.393 e. The molecule has 2 saturated heterocycles. The van der Waals surface area contributed by atoms with E-state index in [0.29, 0.717) is 24.9 Å². The third-order valence-corrected chi connectivity index (χ3v) is 4.45. The maximum Gasteiger partial charge on any atom is 0.230 e. The number of hydrogen-bond donors (Lipinski definition) is 2. The van der Waals surface area contributed by atoms with E-state index in [2.05, 4.69) is 5.32 Å². The molecule has 2 heterocycles. The second kappa shape index (κ2) is 6.48. The number of carbonyl (C=O) groups is 1. The van der Waals surface area contributed by atoms with E-state index in [-0.39, 0.29) is 24.7 Å². The number of anilines is 1. The molecule has 0 bridgehead atoms. The minimum absolute atomic E-state index is 0. The van der Waals surface area contributed by atoms with Crippen LogP contribution in [0.1, 0.15) is 25.7 Å². The maximum absolute atomic E-state index is 13.5. The monoisotopic (exact) mass is 332 g/mol. The van der Waals surface area contributed by atoms with E-state index in [9.17, 15) is 18.7 Å². The molecule has 1 aromatic rings. The van der Waals surface area contributed by atoms with Crippen molar-refractivity contribution in [3.8, 4) is 0 Å². The van der Waals surface area contributed by atoms with Gasteiger partial charge in [0.15, 0.2) is 11.6 Å². The van der Waals surface area contributed by atoms with Crippen LogP contribution in [0, 0.1) is 11.6 Å². The second-order valence-corrected chi connectivity index (χ2v) is 5.86. The summed E-state index contributed by atoms with van der Waals surface area (Å²) in [6.07, 6.45) is 1.20. The topological polar surface area (TPSA) is 52.6 Å². The van der Waals surface area contributed by atoms with E-state index in [0.717, 1.165) is 25.2 Å². The number of benzene rings is 1. The third-order valence-electron chi connectivity index (χ3n) is 4.45. The first-order valence-corrected chi connectivity index (χ1v) is 7.19. The first-order valence-electron chi connectivity index (χ1n) is 7.19. The van der Waals surface area contributed by atoms with Gasteiger partial charge < -0.3 is 15.3 Å². The number of amides is 1. The van der Waals surface area contributed by atoms with Gasteiger partial charge in [-0.15, -0.1) is 12.4 Å². The molecule has 1 spiro atoms. The number of aliphatic hydroxyl groups is 1. The highest BCUT2D eigenvalue weighted by atomic mass is 35.5. The minimum Gasteiger partial charge on any atom is -0.393 e. The Kier molecular flexibility index (Phi) is 5.04. The van der Waals surface area contributed by atoms with Gasteiger partial charge in [-0.05, 0) is 44.5 Å². The van der Waals surface area contributed by atoms with Crippen molar-refractivity contribution in [3.05, 3.63) is 29.8 Å². The molecule has 0 aromatic heterocycles. The van der Waals surface area contributed by atoms with Crippen LogP contribution in [-0.4, -0.2) is 35.7 Å². The zero-order chi connectivity index (χ0) is 15.0. The molecule has 1 amide bonds. The Hall–Kier alpha value is -1.24. The summed E-state index contributed by atoms with van der Waals surface area (Å²) in [6, 6.07) is 3.53. The molecule has 0 aliphatic carbocycles. The molecule has 1 unspecified atom stereocenters. The summed E-state index contributed by atoms with van der Waals surface area (Å²) in [4.78, 5) is 14.0. The number of nitrogens with one attached hydrogen (secondary N) is 1. The van der Waals surface area contributed by atoms with Crippen molar-refractivity contribution in [2.24, 2.45) is 0 Å². The number of halogens is 3. The van der Waals surface area contributed by atoms with Gasteiger partial charge >= 0.3 is 0 Å². The van der Waals surface area contributed by atoms with Gasteiger partial charge in [-0.25, -0.2) is 8.78 Å². The van der Waals surface area contributed by atoms with Crippen LogP contribution in [-0.2, 0) is 4.79 Å². The summed E-state index contributed by atoms with van der Waals surface area (Å²) in [5, 5.41) is 13.2. The van der Waals surface area contributed by atoms with Gasteiger partial charge in [-0.1, -0.05) is 0 Å². The Bertz CT molecular complexity index is 564. The maximum atomic E-state index is 13.5. The highest BCUT2D eigenvalue weighted by Gasteiger charge is 2.47. The first kappa shape index (κ1) is 17.1. The molecule has 2 N–H and O–H groups in total. The fraction of sp³-hybridized carbons (Fsp3) is 0.533. The standard InChI is InChI=1S/C15H18F2N2O2.ClH/c16-12-2-1-10(7-13(12)17)19-14(21)8-11(20)9-15(19)3-5-18-6-4-15;/h1-2,7,11,18,20H,3-6,8-9H2;1H. The lowest BCUT2D eigenvalue weighted by Crippen LogP contribution is -2.62. The van der Waals surface area contributed by atoms with E-state index < -0.39 is 23.3 Å². The van der Waals surface area contributed by atoms with Crippen molar-refractivity contribution in [1.29, 1.82) is 0 Å². The normalized spacial score (nSPS) is 24.2. The van der Waals surface area contributed by atoms with Crippen LogP contribution < -0.4 is 10.2 Å². The molecule has 1 atom stereocenters. The molecule has 2 aliphatic rings. The molecule has 7 heteroatoms. The van der Waals surface area contributed by atoms with E-state index in [4.69, 9.17) is 0 Å². The Morgan fingerprint density at radius 3 is 2.55 bits per heavy atom. The zero-order valence-corrected chi connectivity index (χ0v) is 12.8. The smallest absolute Gasteiger partial charge is 0.230 e. The minimum atomic E-state index is -0.962. The van der Waals surface area contributed by atoms with Crippen molar-refractivity contribution in [1.82, 2.24) is 5.32 Å². The van der Waals surface area contributed by atoms with E-state index in [1.807, 2.05) is 0 Å². The average molecular weight is 333 g/mol. The van der Waals surface area contributed by atoms with Gasteiger partial charge in [-0.2, -0.15) is 0 Å². The molecular weight excluding hydrogens is 314 g/mol. The quantitative estimate of drug-likeness (QED) is 0.827. The van der Waals surface area contributed by atoms with Gasteiger partial charge in [0.2, 0.25) is 5.91 Å². The van der Waals surface area contributed by atoms with Gasteiger partial charge in [0.05, 0.1) is 18.1 Å². The van der Waals surface area contributed by atoms with E-state index in [1.165, 1.54) is 6.07 Å². The Labute approximate surface area is 133 Å². The molecule has 0 radical (unpaired) electrons. The fourth-order valence-corrected chi connectivity index (χ4v) is 3.52. The van der Waals surface area contributed by atoms with Gasteiger partial charge in [0.25, 0.3) is 0 Å².